The number of aliphatic hydroxyl groups is 1. The van der Waals surface area contributed by atoms with Crippen LogP contribution >= 0.6 is 0 Å². The van der Waals surface area contributed by atoms with Crippen molar-refractivity contribution >= 4 is 10.9 Å². The van der Waals surface area contributed by atoms with E-state index in [9.17, 15) is 18.3 Å². The van der Waals surface area contributed by atoms with Gasteiger partial charge in [0.15, 0.2) is 5.69 Å². The predicted molar refractivity (Wildman–Crippen MR) is 130 cm³/mol. The van der Waals surface area contributed by atoms with E-state index in [1.54, 1.807) is 73.3 Å². The third-order valence-corrected chi connectivity index (χ3v) is 6.04. The molecule has 0 atom stereocenters. The molecule has 0 bridgehead atoms. The SMILES string of the molecule is COc1c(-c2ccccc2)c(C(F)(F)F)nc2ccc(-c3ccnc(CO)c3-c3cncn3C)cc12. The molecule has 0 saturated carbocycles. The van der Waals surface area contributed by atoms with E-state index in [-0.39, 0.29) is 23.4 Å². The van der Waals surface area contributed by atoms with Crippen LogP contribution in [0.3, 0.4) is 0 Å². The van der Waals surface area contributed by atoms with Gasteiger partial charge in [0.1, 0.15) is 5.75 Å². The van der Waals surface area contributed by atoms with E-state index in [1.807, 2.05) is 11.6 Å². The van der Waals surface area contributed by atoms with Gasteiger partial charge in [-0.15, -0.1) is 0 Å². The predicted octanol–water partition coefficient (Wildman–Crippen LogP) is 5.88. The molecule has 0 unspecified atom stereocenters. The van der Waals surface area contributed by atoms with Crippen molar-refractivity contribution in [2.45, 2.75) is 12.8 Å². The van der Waals surface area contributed by atoms with Crippen LogP contribution in [0.25, 0.3) is 44.4 Å². The summed E-state index contributed by atoms with van der Waals surface area (Å²) < 4.78 is 49.7. The molecule has 1 N–H and O–H groups in total. The van der Waals surface area contributed by atoms with Gasteiger partial charge in [-0.25, -0.2) is 9.97 Å². The fourth-order valence-electron chi connectivity index (χ4n) is 4.44. The Morgan fingerprint density at radius 1 is 1.00 bits per heavy atom. The molecule has 182 valence electrons. The normalized spacial score (nSPS) is 11.7. The lowest BCUT2D eigenvalue weighted by atomic mass is 9.94. The molecule has 0 amide bonds. The number of halogens is 3. The minimum atomic E-state index is -4.68. The Labute approximate surface area is 204 Å². The number of nitrogens with zero attached hydrogens (tertiary/aromatic N) is 4. The fraction of sp³-hybridized carbons (Fsp3) is 0.148. The number of aryl methyl sites for hydroxylation is 1. The average molecular weight is 490 g/mol. The third kappa shape index (κ3) is 3.97. The molecule has 0 aliphatic heterocycles. The van der Waals surface area contributed by atoms with Crippen molar-refractivity contribution in [3.8, 4) is 39.3 Å². The second-order valence-corrected chi connectivity index (χ2v) is 8.19. The highest BCUT2D eigenvalue weighted by atomic mass is 19.4. The number of hydrogen-bond donors (Lipinski definition) is 1. The Kier molecular flexibility index (Phi) is 5.93. The van der Waals surface area contributed by atoms with Gasteiger partial charge in [-0.3, -0.25) is 4.98 Å². The van der Waals surface area contributed by atoms with E-state index in [0.717, 1.165) is 11.3 Å². The zero-order chi connectivity index (χ0) is 25.4. The average Bonchev–Trinajstić information content (AvgIpc) is 3.31. The summed E-state index contributed by atoms with van der Waals surface area (Å²) in [6.07, 6.45) is 0.221. The summed E-state index contributed by atoms with van der Waals surface area (Å²) in [6, 6.07) is 15.1. The molecule has 5 aromatic rings. The van der Waals surface area contributed by atoms with Gasteiger partial charge in [0.05, 0.1) is 48.7 Å². The van der Waals surface area contributed by atoms with E-state index in [2.05, 4.69) is 15.0 Å². The molecule has 2 aromatic carbocycles. The van der Waals surface area contributed by atoms with Crippen LogP contribution < -0.4 is 4.74 Å². The van der Waals surface area contributed by atoms with Crippen molar-refractivity contribution in [2.75, 3.05) is 7.11 Å². The number of fused-ring (bicyclic) bond motifs is 1. The van der Waals surface area contributed by atoms with Crippen LogP contribution in [0.5, 0.6) is 5.75 Å². The van der Waals surface area contributed by atoms with Gasteiger partial charge in [0, 0.05) is 24.2 Å². The summed E-state index contributed by atoms with van der Waals surface area (Å²) in [7, 11) is 3.18. The van der Waals surface area contributed by atoms with Gasteiger partial charge >= 0.3 is 6.18 Å². The summed E-state index contributed by atoms with van der Waals surface area (Å²) in [5, 5.41) is 10.4. The minimum Gasteiger partial charge on any atom is -0.495 e. The molecule has 0 aliphatic rings. The van der Waals surface area contributed by atoms with Crippen LogP contribution in [0, 0.1) is 0 Å². The summed E-state index contributed by atoms with van der Waals surface area (Å²) in [5.74, 6) is 0.0823. The van der Waals surface area contributed by atoms with Crippen LogP contribution in [-0.4, -0.2) is 31.7 Å². The molecular formula is C27H21F3N4O2. The number of alkyl halides is 3. The Morgan fingerprint density at radius 3 is 2.42 bits per heavy atom. The van der Waals surface area contributed by atoms with E-state index in [0.29, 0.717) is 27.8 Å². The van der Waals surface area contributed by atoms with Crippen molar-refractivity contribution < 1.29 is 23.0 Å². The number of aliphatic hydroxyl groups excluding tert-OH is 1. The molecule has 3 heterocycles. The molecule has 0 saturated heterocycles. The zero-order valence-corrected chi connectivity index (χ0v) is 19.4. The molecule has 0 spiro atoms. The fourth-order valence-corrected chi connectivity index (χ4v) is 4.44. The third-order valence-electron chi connectivity index (χ3n) is 6.04. The maximum absolute atomic E-state index is 14.1. The quantitative estimate of drug-likeness (QED) is 0.333. The molecule has 9 heteroatoms. The maximum Gasteiger partial charge on any atom is 0.434 e. The molecule has 6 nitrogen and oxygen atoms in total. The lowest BCUT2D eigenvalue weighted by molar-refractivity contribution is -0.140. The Bertz CT molecular complexity index is 1560. The lowest BCUT2D eigenvalue weighted by Crippen LogP contribution is -2.12. The Balaban J connectivity index is 1.82. The molecule has 3 aromatic heterocycles. The number of rotatable bonds is 5. The number of ether oxygens (including phenoxy) is 1. The van der Waals surface area contributed by atoms with E-state index in [4.69, 9.17) is 4.74 Å². The number of pyridine rings is 2. The molecule has 0 fully saturated rings. The smallest absolute Gasteiger partial charge is 0.434 e. The standard InChI is InChI=1S/C27H21F3N4O2/c1-34-15-31-13-22(34)24-18(10-11-32-21(24)14-35)17-8-9-20-19(12-17)25(36-2)23(16-6-4-3-5-7-16)26(33-20)27(28,29)30/h3-13,15,35H,14H2,1-2H3. The highest BCUT2D eigenvalue weighted by Crippen LogP contribution is 2.45. The molecule has 0 aliphatic carbocycles. The summed E-state index contributed by atoms with van der Waals surface area (Å²) >= 11 is 0. The van der Waals surface area contributed by atoms with Crippen LogP contribution in [0.2, 0.25) is 0 Å². The van der Waals surface area contributed by atoms with Gasteiger partial charge in [-0.2, -0.15) is 13.2 Å². The Morgan fingerprint density at radius 2 is 1.78 bits per heavy atom. The van der Waals surface area contributed by atoms with E-state index >= 15 is 0 Å². The van der Waals surface area contributed by atoms with Gasteiger partial charge in [0.2, 0.25) is 0 Å². The highest BCUT2D eigenvalue weighted by Gasteiger charge is 2.38. The zero-order valence-electron chi connectivity index (χ0n) is 19.4. The van der Waals surface area contributed by atoms with Crippen molar-refractivity contribution in [1.82, 2.24) is 19.5 Å². The highest BCUT2D eigenvalue weighted by molar-refractivity contribution is 5.97. The molecular weight excluding hydrogens is 469 g/mol. The van der Waals surface area contributed by atoms with Crippen LogP contribution in [0.4, 0.5) is 13.2 Å². The van der Waals surface area contributed by atoms with Gasteiger partial charge in [-0.1, -0.05) is 36.4 Å². The van der Waals surface area contributed by atoms with Crippen molar-refractivity contribution in [2.24, 2.45) is 7.05 Å². The van der Waals surface area contributed by atoms with Crippen LogP contribution in [0.15, 0.2) is 73.3 Å². The minimum absolute atomic E-state index is 0.0823. The number of methoxy groups -OCH3 is 1. The van der Waals surface area contributed by atoms with Crippen LogP contribution in [-0.2, 0) is 19.8 Å². The number of imidazole rings is 1. The van der Waals surface area contributed by atoms with Gasteiger partial charge in [-0.05, 0) is 34.9 Å². The lowest BCUT2D eigenvalue weighted by Gasteiger charge is -2.19. The summed E-state index contributed by atoms with van der Waals surface area (Å²) in [4.78, 5) is 12.5. The van der Waals surface area contributed by atoms with Gasteiger partial charge < -0.3 is 14.4 Å². The number of aromatic nitrogens is 4. The largest absolute Gasteiger partial charge is 0.495 e. The first-order valence-corrected chi connectivity index (χ1v) is 11.0. The number of hydrogen-bond acceptors (Lipinski definition) is 5. The first-order chi connectivity index (χ1) is 17.3. The molecule has 36 heavy (non-hydrogen) atoms. The summed E-state index contributed by atoms with van der Waals surface area (Å²) in [6.45, 7) is -0.292. The van der Waals surface area contributed by atoms with Crippen molar-refractivity contribution in [3.63, 3.8) is 0 Å². The monoisotopic (exact) mass is 490 g/mol. The second-order valence-electron chi connectivity index (χ2n) is 8.19. The van der Waals surface area contributed by atoms with E-state index in [1.165, 1.54) is 7.11 Å². The maximum atomic E-state index is 14.1. The topological polar surface area (TPSA) is 73.1 Å². The molecule has 5 rings (SSSR count). The molecule has 0 radical (unpaired) electrons. The van der Waals surface area contributed by atoms with Gasteiger partial charge in [0.25, 0.3) is 0 Å². The first kappa shape index (κ1) is 23.5. The van der Waals surface area contributed by atoms with Crippen molar-refractivity contribution in [3.05, 3.63) is 84.7 Å². The number of benzene rings is 2. The summed E-state index contributed by atoms with van der Waals surface area (Å²) in [5.41, 5.74) is 2.70. The van der Waals surface area contributed by atoms with Crippen molar-refractivity contribution in [1.29, 1.82) is 0 Å². The first-order valence-electron chi connectivity index (χ1n) is 11.0. The Hall–Kier alpha value is -4.24. The van der Waals surface area contributed by atoms with E-state index < -0.39 is 11.9 Å². The van der Waals surface area contributed by atoms with Crippen LogP contribution in [0.1, 0.15) is 11.4 Å². The second kappa shape index (κ2) is 9.09.